The lowest BCUT2D eigenvalue weighted by atomic mass is 9.93. The Labute approximate surface area is 190 Å². The van der Waals surface area contributed by atoms with E-state index >= 15 is 0 Å². The van der Waals surface area contributed by atoms with E-state index in [9.17, 15) is 14.4 Å². The van der Waals surface area contributed by atoms with Crippen LogP contribution in [-0.4, -0.2) is 79.0 Å². The normalized spacial score (nSPS) is 20.1. The minimum Gasteiger partial charge on any atom is -0.463 e. The highest BCUT2D eigenvalue weighted by Gasteiger charge is 2.37. The van der Waals surface area contributed by atoms with Gasteiger partial charge in [0.25, 0.3) is 0 Å². The molecule has 174 valence electrons. The number of amides is 3. The Bertz CT molecular complexity index is 898. The van der Waals surface area contributed by atoms with Crippen molar-refractivity contribution in [2.75, 3.05) is 46.4 Å². The molecular weight excluding hydrogens is 408 g/mol. The first-order chi connectivity index (χ1) is 15.3. The molecule has 2 aliphatic heterocycles. The van der Waals surface area contributed by atoms with E-state index in [1.807, 2.05) is 43.0 Å². The number of carbonyl (C=O) groups is 3. The highest BCUT2D eigenvalue weighted by atomic mass is 16.5. The summed E-state index contributed by atoms with van der Waals surface area (Å²) < 4.78 is 5.41. The van der Waals surface area contributed by atoms with Crippen LogP contribution in [0.1, 0.15) is 43.9 Å². The van der Waals surface area contributed by atoms with Gasteiger partial charge in [-0.15, -0.1) is 0 Å². The summed E-state index contributed by atoms with van der Waals surface area (Å²) in [5, 5.41) is 2.97. The number of nitrogens with one attached hydrogen (secondary N) is 1. The molecule has 8 nitrogen and oxygen atoms in total. The van der Waals surface area contributed by atoms with Gasteiger partial charge in [-0.2, -0.15) is 0 Å². The number of hydrogen-bond acceptors (Lipinski definition) is 5. The maximum atomic E-state index is 13.1. The number of rotatable bonds is 6. The molecule has 1 aromatic rings. The molecular formula is C24H34N4O4. The molecule has 3 rings (SSSR count). The van der Waals surface area contributed by atoms with Crippen LogP contribution in [0.4, 0.5) is 4.79 Å². The van der Waals surface area contributed by atoms with E-state index in [-0.39, 0.29) is 18.5 Å². The average Bonchev–Trinajstić information content (AvgIpc) is 3.02. The first kappa shape index (κ1) is 23.8. The molecule has 1 unspecified atom stereocenters. The van der Waals surface area contributed by atoms with E-state index in [4.69, 9.17) is 4.74 Å². The second-order valence-electron chi connectivity index (χ2n) is 8.30. The van der Waals surface area contributed by atoms with Crippen molar-refractivity contribution in [2.45, 2.75) is 39.7 Å². The summed E-state index contributed by atoms with van der Waals surface area (Å²) in [5.74, 6) is -0.259. The molecule has 2 aliphatic rings. The summed E-state index contributed by atoms with van der Waals surface area (Å²) in [6, 6.07) is 6.98. The number of carbonyl (C=O) groups excluding carboxylic acids is 3. The van der Waals surface area contributed by atoms with Gasteiger partial charge in [0.2, 0.25) is 5.91 Å². The van der Waals surface area contributed by atoms with Gasteiger partial charge in [0, 0.05) is 51.9 Å². The van der Waals surface area contributed by atoms with Crippen molar-refractivity contribution in [3.8, 4) is 0 Å². The summed E-state index contributed by atoms with van der Waals surface area (Å²) >= 11 is 0. The Hall–Kier alpha value is -2.87. The SMILES string of the molecule is CCOC(=O)C1=C(CN2CCCN(C(=O)CC)CC2)N(C)C(=O)NC1c1cccc(C)c1. The third-order valence-corrected chi connectivity index (χ3v) is 6.06. The molecule has 3 amide bonds. The molecule has 1 aromatic carbocycles. The van der Waals surface area contributed by atoms with Gasteiger partial charge in [-0.25, -0.2) is 9.59 Å². The monoisotopic (exact) mass is 442 g/mol. The minimum atomic E-state index is -0.571. The van der Waals surface area contributed by atoms with Gasteiger partial charge in [0.05, 0.1) is 18.2 Å². The fraction of sp³-hybridized carbons (Fsp3) is 0.542. The second-order valence-corrected chi connectivity index (χ2v) is 8.30. The number of ether oxygens (including phenoxy) is 1. The zero-order valence-corrected chi connectivity index (χ0v) is 19.5. The predicted octanol–water partition coefficient (Wildman–Crippen LogP) is 2.45. The quantitative estimate of drug-likeness (QED) is 0.685. The smallest absolute Gasteiger partial charge is 0.338 e. The maximum absolute atomic E-state index is 13.1. The zero-order chi connectivity index (χ0) is 23.3. The predicted molar refractivity (Wildman–Crippen MR) is 122 cm³/mol. The van der Waals surface area contributed by atoms with Gasteiger partial charge in [0.15, 0.2) is 0 Å². The third-order valence-electron chi connectivity index (χ3n) is 6.06. The Balaban J connectivity index is 1.95. The topological polar surface area (TPSA) is 82.2 Å². The maximum Gasteiger partial charge on any atom is 0.338 e. The van der Waals surface area contributed by atoms with Crippen molar-refractivity contribution in [1.82, 2.24) is 20.0 Å². The number of aryl methyl sites for hydroxylation is 1. The number of likely N-dealkylation sites (N-methyl/N-ethyl adjacent to an activating group) is 1. The molecule has 2 heterocycles. The Morgan fingerprint density at radius 1 is 1.16 bits per heavy atom. The van der Waals surface area contributed by atoms with Gasteiger partial charge in [-0.1, -0.05) is 36.8 Å². The summed E-state index contributed by atoms with van der Waals surface area (Å²) in [6.45, 7) is 9.19. The van der Waals surface area contributed by atoms with Gasteiger partial charge in [-0.3, -0.25) is 14.6 Å². The van der Waals surface area contributed by atoms with Crippen LogP contribution >= 0.6 is 0 Å². The molecule has 0 aromatic heterocycles. The van der Waals surface area contributed by atoms with E-state index in [1.54, 1.807) is 14.0 Å². The summed E-state index contributed by atoms with van der Waals surface area (Å²) in [6.07, 6.45) is 1.35. The number of urea groups is 1. The van der Waals surface area contributed by atoms with Crippen LogP contribution < -0.4 is 5.32 Å². The molecule has 0 bridgehead atoms. The van der Waals surface area contributed by atoms with E-state index in [0.29, 0.717) is 37.3 Å². The molecule has 8 heteroatoms. The summed E-state index contributed by atoms with van der Waals surface area (Å²) in [4.78, 5) is 43.7. The molecule has 0 spiro atoms. The zero-order valence-electron chi connectivity index (χ0n) is 19.5. The molecule has 1 fully saturated rings. The van der Waals surface area contributed by atoms with Crippen LogP contribution in [0, 0.1) is 6.92 Å². The Kier molecular flexibility index (Phi) is 7.90. The summed E-state index contributed by atoms with van der Waals surface area (Å²) in [7, 11) is 1.68. The fourth-order valence-electron chi connectivity index (χ4n) is 4.31. The van der Waals surface area contributed by atoms with Crippen LogP contribution in [0.3, 0.4) is 0 Å². The van der Waals surface area contributed by atoms with E-state index in [2.05, 4.69) is 10.2 Å². The second kappa shape index (κ2) is 10.6. The third kappa shape index (κ3) is 5.30. The molecule has 1 atom stereocenters. The molecule has 0 radical (unpaired) electrons. The van der Waals surface area contributed by atoms with Crippen LogP contribution in [0.5, 0.6) is 0 Å². The van der Waals surface area contributed by atoms with Crippen molar-refractivity contribution in [3.63, 3.8) is 0 Å². The van der Waals surface area contributed by atoms with E-state index in [1.165, 1.54) is 4.90 Å². The van der Waals surface area contributed by atoms with E-state index < -0.39 is 12.0 Å². The van der Waals surface area contributed by atoms with Crippen molar-refractivity contribution >= 4 is 17.9 Å². The highest BCUT2D eigenvalue weighted by Crippen LogP contribution is 2.32. The lowest BCUT2D eigenvalue weighted by molar-refractivity contribution is -0.139. The van der Waals surface area contributed by atoms with Gasteiger partial charge in [-0.05, 0) is 25.8 Å². The van der Waals surface area contributed by atoms with Crippen molar-refractivity contribution in [3.05, 3.63) is 46.7 Å². The van der Waals surface area contributed by atoms with Gasteiger partial charge >= 0.3 is 12.0 Å². The first-order valence-corrected chi connectivity index (χ1v) is 11.4. The largest absolute Gasteiger partial charge is 0.463 e. The molecule has 1 N–H and O–H groups in total. The lowest BCUT2D eigenvalue weighted by Gasteiger charge is -2.36. The molecule has 32 heavy (non-hydrogen) atoms. The highest BCUT2D eigenvalue weighted by molar-refractivity contribution is 5.95. The Morgan fingerprint density at radius 2 is 1.94 bits per heavy atom. The number of esters is 1. The van der Waals surface area contributed by atoms with Crippen molar-refractivity contribution in [2.24, 2.45) is 0 Å². The molecule has 1 saturated heterocycles. The number of hydrogen-bond donors (Lipinski definition) is 1. The van der Waals surface area contributed by atoms with Crippen LogP contribution in [0.25, 0.3) is 0 Å². The van der Waals surface area contributed by atoms with Gasteiger partial charge in [0.1, 0.15) is 0 Å². The minimum absolute atomic E-state index is 0.159. The van der Waals surface area contributed by atoms with Crippen molar-refractivity contribution in [1.29, 1.82) is 0 Å². The number of benzene rings is 1. The van der Waals surface area contributed by atoms with Crippen LogP contribution in [-0.2, 0) is 14.3 Å². The fourth-order valence-corrected chi connectivity index (χ4v) is 4.31. The van der Waals surface area contributed by atoms with E-state index in [0.717, 1.165) is 30.6 Å². The lowest BCUT2D eigenvalue weighted by Crippen LogP contribution is -2.49. The summed E-state index contributed by atoms with van der Waals surface area (Å²) in [5.41, 5.74) is 3.01. The van der Waals surface area contributed by atoms with Crippen molar-refractivity contribution < 1.29 is 19.1 Å². The molecule has 0 saturated carbocycles. The Morgan fingerprint density at radius 3 is 2.62 bits per heavy atom. The molecule has 0 aliphatic carbocycles. The van der Waals surface area contributed by atoms with Gasteiger partial charge < -0.3 is 15.0 Å². The average molecular weight is 443 g/mol. The number of nitrogens with zero attached hydrogens (tertiary/aromatic N) is 3. The first-order valence-electron chi connectivity index (χ1n) is 11.4. The van der Waals surface area contributed by atoms with Crippen LogP contribution in [0.2, 0.25) is 0 Å². The standard InChI is InChI=1S/C24H34N4O4/c1-5-20(29)28-12-8-11-27(13-14-28)16-19-21(23(30)32-6-2)22(25-24(31)26(19)4)18-10-7-9-17(3)15-18/h7,9-10,15,22H,5-6,8,11-14,16H2,1-4H3,(H,25,31). The van der Waals surface area contributed by atoms with Crippen LogP contribution in [0.15, 0.2) is 35.5 Å².